The summed E-state index contributed by atoms with van der Waals surface area (Å²) in [4.78, 5) is 24.4. The number of hydrogen-bond donors (Lipinski definition) is 3. The average Bonchev–Trinajstić information content (AvgIpc) is 3.15. The van der Waals surface area contributed by atoms with Crippen LogP contribution in [0, 0.1) is 0 Å². The highest BCUT2D eigenvalue weighted by Gasteiger charge is 2.17. The topological polar surface area (TPSA) is 70.2 Å². The first kappa shape index (κ1) is 18.0. The molecule has 26 heavy (non-hydrogen) atoms. The van der Waals surface area contributed by atoms with Crippen LogP contribution in [-0.2, 0) is 6.42 Å². The van der Waals surface area contributed by atoms with Crippen LogP contribution in [0.3, 0.4) is 0 Å². The van der Waals surface area contributed by atoms with E-state index in [-0.39, 0.29) is 11.9 Å². The zero-order valence-electron chi connectivity index (χ0n) is 15.0. The summed E-state index contributed by atoms with van der Waals surface area (Å²) in [6.07, 6.45) is 5.34. The Morgan fingerprint density at radius 1 is 0.962 bits per heavy atom. The molecule has 1 saturated carbocycles. The molecule has 0 atom stereocenters. The van der Waals surface area contributed by atoms with Crippen LogP contribution in [0.5, 0.6) is 0 Å². The van der Waals surface area contributed by atoms with Crippen molar-refractivity contribution in [2.75, 3.05) is 10.6 Å². The van der Waals surface area contributed by atoms with Crippen LogP contribution in [0.25, 0.3) is 0 Å². The number of carbonyl (C=O) groups is 2. The van der Waals surface area contributed by atoms with Gasteiger partial charge in [0.25, 0.3) is 5.91 Å². The van der Waals surface area contributed by atoms with Crippen LogP contribution in [0.1, 0.15) is 48.5 Å². The van der Waals surface area contributed by atoms with Gasteiger partial charge in [0.2, 0.25) is 0 Å². The minimum Gasteiger partial charge on any atom is -0.349 e. The molecule has 1 fully saturated rings. The van der Waals surface area contributed by atoms with Crippen molar-refractivity contribution >= 4 is 23.3 Å². The van der Waals surface area contributed by atoms with Crippen molar-refractivity contribution in [3.8, 4) is 0 Å². The maximum Gasteiger partial charge on any atom is 0.323 e. The molecule has 3 N–H and O–H groups in total. The fourth-order valence-electron chi connectivity index (χ4n) is 3.28. The number of aryl methyl sites for hydroxylation is 1. The summed E-state index contributed by atoms with van der Waals surface area (Å²) in [5.74, 6) is -0.0511. The second-order valence-electron chi connectivity index (χ2n) is 6.62. The summed E-state index contributed by atoms with van der Waals surface area (Å²) in [5, 5.41) is 8.73. The monoisotopic (exact) mass is 351 g/mol. The van der Waals surface area contributed by atoms with Crippen LogP contribution in [0.15, 0.2) is 48.5 Å². The highest BCUT2D eigenvalue weighted by molar-refractivity contribution is 6.01. The molecule has 2 aromatic rings. The molecule has 0 radical (unpaired) electrons. The fraction of sp³-hybridized carbons (Fsp3) is 0.333. The van der Waals surface area contributed by atoms with Gasteiger partial charge in [-0.1, -0.05) is 38.0 Å². The summed E-state index contributed by atoms with van der Waals surface area (Å²) in [6, 6.07) is 14.7. The molecule has 0 heterocycles. The van der Waals surface area contributed by atoms with E-state index in [1.165, 1.54) is 12.8 Å². The van der Waals surface area contributed by atoms with Gasteiger partial charge in [0.15, 0.2) is 0 Å². The molecule has 0 aliphatic heterocycles. The van der Waals surface area contributed by atoms with E-state index in [2.05, 4.69) is 16.0 Å². The average molecular weight is 351 g/mol. The van der Waals surface area contributed by atoms with Gasteiger partial charge in [0.1, 0.15) is 0 Å². The van der Waals surface area contributed by atoms with E-state index < -0.39 is 0 Å². The number of anilines is 2. The summed E-state index contributed by atoms with van der Waals surface area (Å²) in [5.41, 5.74) is 3.15. The Bertz CT molecular complexity index is 765. The third-order valence-corrected chi connectivity index (χ3v) is 4.74. The summed E-state index contributed by atoms with van der Waals surface area (Å²) >= 11 is 0. The number of benzene rings is 2. The molecule has 2 aromatic carbocycles. The number of nitrogens with one attached hydrogen (secondary N) is 3. The molecule has 0 bridgehead atoms. The highest BCUT2D eigenvalue weighted by atomic mass is 16.2. The lowest BCUT2D eigenvalue weighted by Crippen LogP contribution is -2.32. The molecule has 0 unspecified atom stereocenters. The van der Waals surface area contributed by atoms with Gasteiger partial charge < -0.3 is 16.0 Å². The third-order valence-electron chi connectivity index (χ3n) is 4.74. The third kappa shape index (κ3) is 4.63. The van der Waals surface area contributed by atoms with Crippen molar-refractivity contribution in [2.45, 2.75) is 45.1 Å². The van der Waals surface area contributed by atoms with E-state index in [9.17, 15) is 9.59 Å². The van der Waals surface area contributed by atoms with Crippen molar-refractivity contribution in [2.24, 2.45) is 0 Å². The van der Waals surface area contributed by atoms with Gasteiger partial charge in [0, 0.05) is 23.0 Å². The summed E-state index contributed by atoms with van der Waals surface area (Å²) in [7, 11) is 0. The van der Waals surface area contributed by atoms with Crippen molar-refractivity contribution < 1.29 is 9.59 Å². The number of urea groups is 1. The van der Waals surface area contributed by atoms with Gasteiger partial charge in [-0.25, -0.2) is 4.79 Å². The normalized spacial score (nSPS) is 14.0. The molecule has 1 aliphatic rings. The minimum absolute atomic E-state index is 0.0511. The first-order valence-corrected chi connectivity index (χ1v) is 9.22. The van der Waals surface area contributed by atoms with Crippen LogP contribution in [0.2, 0.25) is 0 Å². The van der Waals surface area contributed by atoms with Gasteiger partial charge in [-0.3, -0.25) is 4.79 Å². The lowest BCUT2D eigenvalue weighted by molar-refractivity contribution is 0.0938. The molecule has 1 aliphatic carbocycles. The number of hydrogen-bond acceptors (Lipinski definition) is 2. The van der Waals surface area contributed by atoms with E-state index in [1.807, 2.05) is 31.2 Å². The lowest BCUT2D eigenvalue weighted by atomic mass is 10.1. The molecule has 5 nitrogen and oxygen atoms in total. The van der Waals surface area contributed by atoms with Crippen molar-refractivity contribution in [1.82, 2.24) is 5.32 Å². The first-order chi connectivity index (χ1) is 12.7. The zero-order chi connectivity index (χ0) is 18.4. The van der Waals surface area contributed by atoms with Crippen molar-refractivity contribution in [3.05, 3.63) is 59.7 Å². The Hall–Kier alpha value is -2.82. The molecule has 0 spiro atoms. The second-order valence-corrected chi connectivity index (χ2v) is 6.62. The maximum atomic E-state index is 12.2. The first-order valence-electron chi connectivity index (χ1n) is 9.22. The largest absolute Gasteiger partial charge is 0.349 e. The summed E-state index contributed by atoms with van der Waals surface area (Å²) < 4.78 is 0. The Morgan fingerprint density at radius 3 is 2.35 bits per heavy atom. The number of amides is 3. The van der Waals surface area contributed by atoms with E-state index in [0.717, 1.165) is 30.5 Å². The van der Waals surface area contributed by atoms with Crippen LogP contribution in [-0.4, -0.2) is 18.0 Å². The number of rotatable bonds is 5. The second kappa shape index (κ2) is 8.52. The van der Waals surface area contributed by atoms with Crippen LogP contribution >= 0.6 is 0 Å². The van der Waals surface area contributed by atoms with Crippen molar-refractivity contribution in [3.63, 3.8) is 0 Å². The van der Waals surface area contributed by atoms with Crippen LogP contribution < -0.4 is 16.0 Å². The highest BCUT2D eigenvalue weighted by Crippen LogP contribution is 2.19. The Balaban J connectivity index is 1.56. The standard InChI is InChI=1S/C21H25N3O2/c1-2-15-7-3-6-10-19(15)24-21(26)23-18-13-11-16(12-14-18)20(25)22-17-8-4-5-9-17/h3,6-7,10-14,17H,2,4-5,8-9H2,1H3,(H,22,25)(H2,23,24,26). The predicted octanol–water partition coefficient (Wildman–Crippen LogP) is 4.57. The molecule has 5 heteroatoms. The molecule has 3 amide bonds. The SMILES string of the molecule is CCc1ccccc1NC(=O)Nc1ccc(C(=O)NC2CCCC2)cc1. The maximum absolute atomic E-state index is 12.2. The van der Waals surface area contributed by atoms with Crippen molar-refractivity contribution in [1.29, 1.82) is 0 Å². The quantitative estimate of drug-likeness (QED) is 0.739. The zero-order valence-corrected chi connectivity index (χ0v) is 15.0. The van der Waals surface area contributed by atoms with E-state index in [4.69, 9.17) is 0 Å². The molecule has 0 aromatic heterocycles. The van der Waals surface area contributed by atoms with Gasteiger partial charge in [-0.15, -0.1) is 0 Å². The Morgan fingerprint density at radius 2 is 1.65 bits per heavy atom. The molecular weight excluding hydrogens is 326 g/mol. The van der Waals surface area contributed by atoms with E-state index in [0.29, 0.717) is 17.3 Å². The van der Waals surface area contributed by atoms with E-state index in [1.54, 1.807) is 24.3 Å². The predicted molar refractivity (Wildman–Crippen MR) is 105 cm³/mol. The van der Waals surface area contributed by atoms with Crippen LogP contribution in [0.4, 0.5) is 16.2 Å². The number of para-hydroxylation sites is 1. The number of carbonyl (C=O) groups excluding carboxylic acids is 2. The smallest absolute Gasteiger partial charge is 0.323 e. The van der Waals surface area contributed by atoms with Gasteiger partial charge >= 0.3 is 6.03 Å². The fourth-order valence-corrected chi connectivity index (χ4v) is 3.28. The van der Waals surface area contributed by atoms with E-state index >= 15 is 0 Å². The Kier molecular flexibility index (Phi) is 5.89. The molecule has 0 saturated heterocycles. The van der Waals surface area contributed by atoms with Gasteiger partial charge in [0.05, 0.1) is 0 Å². The Labute approximate surface area is 154 Å². The molecule has 3 rings (SSSR count). The lowest BCUT2D eigenvalue weighted by Gasteiger charge is -2.13. The van der Waals surface area contributed by atoms with Gasteiger partial charge in [-0.2, -0.15) is 0 Å². The summed E-state index contributed by atoms with van der Waals surface area (Å²) in [6.45, 7) is 2.05. The minimum atomic E-state index is -0.297. The molecule has 136 valence electrons. The van der Waals surface area contributed by atoms with Gasteiger partial charge in [-0.05, 0) is 55.2 Å². The molecular formula is C21H25N3O2.